The maximum Gasteiger partial charge on any atom is 0.338 e. The number of carbonyl (C=O) groups is 6. The van der Waals surface area contributed by atoms with Crippen LogP contribution in [0.1, 0.15) is 124 Å². The number of amides is 2. The van der Waals surface area contributed by atoms with Crippen molar-refractivity contribution in [2.24, 2.45) is 0 Å². The third-order valence-corrected chi connectivity index (χ3v) is 9.72. The fourth-order valence-corrected chi connectivity index (χ4v) is 6.20. The monoisotopic (exact) mass is 787 g/mol. The Kier molecular flexibility index (Phi) is 19.4. The Morgan fingerprint density at radius 3 is 1.24 bits per heavy atom. The highest BCUT2D eigenvalue weighted by Gasteiger charge is 2.40. The average molecular weight is 788 g/mol. The van der Waals surface area contributed by atoms with Crippen molar-refractivity contribution in [3.63, 3.8) is 0 Å². The van der Waals surface area contributed by atoms with E-state index < -0.39 is 41.8 Å². The van der Waals surface area contributed by atoms with E-state index in [1.165, 1.54) is 36.4 Å². The lowest BCUT2D eigenvalue weighted by Gasteiger charge is -2.41. The van der Waals surface area contributed by atoms with E-state index >= 15 is 0 Å². The molecule has 0 fully saturated rings. The Morgan fingerprint density at radius 1 is 0.618 bits per heavy atom. The first-order valence-corrected chi connectivity index (χ1v) is 18.9. The number of hydroxylamine groups is 2. The molecule has 0 radical (unpaired) electrons. The van der Waals surface area contributed by atoms with E-state index in [-0.39, 0.29) is 111 Å². The number of nitrogens with one attached hydrogen (secondary N) is 2. The smallest absolute Gasteiger partial charge is 0.338 e. The zero-order valence-corrected chi connectivity index (χ0v) is 33.6. The zero-order chi connectivity index (χ0) is 41.1. The van der Waals surface area contributed by atoms with Crippen molar-refractivity contribution in [1.82, 2.24) is 10.6 Å². The van der Waals surface area contributed by atoms with Crippen molar-refractivity contribution < 1.29 is 61.5 Å². The normalized spacial score (nSPS) is 11.4. The lowest BCUT2D eigenvalue weighted by molar-refractivity contribution is -1.04. The molecule has 2 aromatic carbocycles. The summed E-state index contributed by atoms with van der Waals surface area (Å²) in [5, 5.41) is 14.6. The third kappa shape index (κ3) is 13.7. The van der Waals surface area contributed by atoms with Crippen LogP contribution in [0.25, 0.3) is 0 Å². The molecule has 55 heavy (non-hydrogen) atoms. The maximum atomic E-state index is 13.6. The molecule has 0 aliphatic carbocycles. The van der Waals surface area contributed by atoms with Gasteiger partial charge in [0, 0.05) is 24.2 Å². The highest BCUT2D eigenvalue weighted by atomic mass is 31.1. The predicted octanol–water partition coefficient (Wildman–Crippen LogP) is 4.93. The first kappa shape index (κ1) is 46.2. The summed E-state index contributed by atoms with van der Waals surface area (Å²) in [4.78, 5) is 83.8. The van der Waals surface area contributed by atoms with E-state index in [1.54, 1.807) is 27.7 Å². The van der Waals surface area contributed by atoms with Crippen LogP contribution in [0, 0.1) is 11.3 Å². The van der Waals surface area contributed by atoms with Crippen LogP contribution in [-0.4, -0.2) is 104 Å². The van der Waals surface area contributed by atoms with Crippen LogP contribution in [0.5, 0.6) is 0 Å². The number of quaternary nitrogens is 1. The predicted molar refractivity (Wildman–Crippen MR) is 201 cm³/mol. The summed E-state index contributed by atoms with van der Waals surface area (Å²) in [6.45, 7) is 14.3. The number of rotatable bonds is 22. The molecule has 0 saturated heterocycles. The number of carbonyl (C=O) groups excluding carboxylic acids is 6. The molecule has 0 saturated carbocycles. The molecule has 0 aromatic heterocycles. The Hall–Kier alpha value is -4.94. The van der Waals surface area contributed by atoms with E-state index in [0.717, 1.165) is 0 Å². The summed E-state index contributed by atoms with van der Waals surface area (Å²) in [5.74, 6) is -4.28. The molecule has 0 spiro atoms. The van der Waals surface area contributed by atoms with Crippen LogP contribution >= 0.6 is 8.96 Å². The van der Waals surface area contributed by atoms with Crippen molar-refractivity contribution in [2.45, 2.75) is 80.0 Å². The number of hydrogen-bond acceptors (Lipinski definition) is 13. The summed E-state index contributed by atoms with van der Waals surface area (Å²) >= 11 is 0. The minimum atomic E-state index is -0.892. The molecule has 17 heteroatoms. The lowest BCUT2D eigenvalue weighted by Crippen LogP contribution is -2.52. The quantitative estimate of drug-likeness (QED) is 0.0535. The van der Waals surface area contributed by atoms with Crippen LogP contribution < -0.4 is 10.6 Å². The van der Waals surface area contributed by atoms with Crippen molar-refractivity contribution in [3.8, 4) is 6.07 Å². The Balaban J connectivity index is 2.48. The average Bonchev–Trinajstić information content (AvgIpc) is 3.16. The van der Waals surface area contributed by atoms with Crippen LogP contribution in [0.3, 0.4) is 0 Å². The van der Waals surface area contributed by atoms with Gasteiger partial charge in [0.2, 0.25) is 0 Å². The molecule has 2 amide bonds. The van der Waals surface area contributed by atoms with Crippen LogP contribution in [0.2, 0.25) is 0 Å². The van der Waals surface area contributed by atoms with E-state index in [2.05, 4.69) is 16.7 Å². The number of hydrogen-bond donors (Lipinski definition) is 2. The molecule has 2 N–H and O–H groups in total. The van der Waals surface area contributed by atoms with Gasteiger partial charge in [0.05, 0.1) is 61.2 Å². The van der Waals surface area contributed by atoms with Crippen molar-refractivity contribution in [2.75, 3.05) is 46.1 Å². The summed E-state index contributed by atoms with van der Waals surface area (Å²) in [6, 6.07) is 9.53. The summed E-state index contributed by atoms with van der Waals surface area (Å²) in [7, 11) is -0.378. The molecule has 1 atom stereocenters. The number of nitrogens with zero attached hydrogens (tertiary/aromatic N) is 2. The van der Waals surface area contributed by atoms with Gasteiger partial charge in [-0.2, -0.15) is 10.1 Å². The minimum absolute atomic E-state index is 0.00897. The second-order valence-corrected chi connectivity index (χ2v) is 13.5. The van der Waals surface area contributed by atoms with Crippen molar-refractivity contribution in [1.29, 1.82) is 5.26 Å². The SMILES string of the molecule is CCOC(=O)c1cc(C(=O)NCC(CNC(=O)c2cc(C(=O)OCC)cc(C(=O)OCC)c2)OP[N+](OCCC#N)(C(C)C)C(C)C)cc(C(=O)OCC)c1. The highest BCUT2D eigenvalue weighted by Crippen LogP contribution is 2.39. The van der Waals surface area contributed by atoms with Gasteiger partial charge in [-0.15, -0.1) is 4.42 Å². The topological polar surface area (TPSA) is 206 Å². The van der Waals surface area contributed by atoms with E-state index in [4.69, 9.17) is 33.6 Å². The first-order chi connectivity index (χ1) is 26.2. The number of benzene rings is 2. The minimum Gasteiger partial charge on any atom is -0.462 e. The standard InChI is InChI=1S/C38H51N4O12P/c1-9-49-35(45)28-16-26(17-29(20-28)36(46)50-10-2)33(43)40-22-32(54-55-42(24(5)6,25(7)8)53-15-13-14-39)23-41-34(44)27-18-30(37(47)51-11-3)21-31(19-27)38(48)52-12-4/h16-21,24-25,32,55H,9-13,15,22-23H2,1-8H3,(H-,40,41,43,44)/p+1. The number of ether oxygens (including phenoxy) is 4. The zero-order valence-electron chi connectivity index (χ0n) is 32.6. The van der Waals surface area contributed by atoms with Crippen LogP contribution in [-0.2, 0) is 28.3 Å². The van der Waals surface area contributed by atoms with Gasteiger partial charge < -0.3 is 34.1 Å². The van der Waals surface area contributed by atoms with Gasteiger partial charge in [-0.05, 0) is 91.8 Å². The molecule has 300 valence electrons. The van der Waals surface area contributed by atoms with E-state index in [9.17, 15) is 28.8 Å². The summed E-state index contributed by atoms with van der Waals surface area (Å²) in [6.07, 6.45) is -0.743. The van der Waals surface area contributed by atoms with Crippen LogP contribution in [0.15, 0.2) is 36.4 Å². The number of nitriles is 1. The van der Waals surface area contributed by atoms with Gasteiger partial charge in [-0.3, -0.25) is 9.59 Å². The molecule has 2 aromatic rings. The summed E-state index contributed by atoms with van der Waals surface area (Å²) in [5.41, 5.74) is -0.187. The molecule has 0 bridgehead atoms. The fourth-order valence-electron chi connectivity index (χ4n) is 5.15. The Morgan fingerprint density at radius 2 is 0.945 bits per heavy atom. The molecule has 0 aliphatic heterocycles. The second-order valence-electron chi connectivity index (χ2n) is 12.4. The van der Waals surface area contributed by atoms with Crippen molar-refractivity contribution in [3.05, 3.63) is 69.8 Å². The van der Waals surface area contributed by atoms with Gasteiger partial charge in [0.25, 0.3) is 20.8 Å². The molecule has 1 unspecified atom stereocenters. The molecule has 0 heterocycles. The van der Waals surface area contributed by atoms with E-state index in [0.29, 0.717) is 0 Å². The second kappa shape index (κ2) is 23.1. The Labute approximate surface area is 323 Å². The van der Waals surface area contributed by atoms with Gasteiger partial charge in [-0.1, -0.05) is 0 Å². The number of esters is 4. The molecular weight excluding hydrogens is 735 g/mol. The van der Waals surface area contributed by atoms with Gasteiger partial charge in [0.1, 0.15) is 24.8 Å². The Bertz CT molecular complexity index is 1530. The van der Waals surface area contributed by atoms with Crippen molar-refractivity contribution >= 4 is 44.6 Å². The van der Waals surface area contributed by atoms with Gasteiger partial charge in [-0.25, -0.2) is 19.2 Å². The molecule has 2 rings (SSSR count). The first-order valence-electron chi connectivity index (χ1n) is 18.0. The van der Waals surface area contributed by atoms with E-state index in [1.807, 2.05) is 27.7 Å². The maximum absolute atomic E-state index is 13.6. The highest BCUT2D eigenvalue weighted by molar-refractivity contribution is 7.25. The molecular formula is C38H52N4O12P+. The van der Waals surface area contributed by atoms with Gasteiger partial charge in [0.15, 0.2) is 0 Å². The lowest BCUT2D eigenvalue weighted by atomic mass is 10.0. The molecule has 0 aliphatic rings. The van der Waals surface area contributed by atoms with Crippen LogP contribution in [0.4, 0.5) is 0 Å². The third-order valence-electron chi connectivity index (χ3n) is 7.83. The summed E-state index contributed by atoms with van der Waals surface area (Å²) < 4.78 is 26.7. The van der Waals surface area contributed by atoms with Gasteiger partial charge >= 0.3 is 23.9 Å². The largest absolute Gasteiger partial charge is 0.462 e. The molecule has 16 nitrogen and oxygen atoms in total. The fraction of sp³-hybridized carbons (Fsp3) is 0.500.